The van der Waals surface area contributed by atoms with Crippen molar-refractivity contribution in [3.63, 3.8) is 0 Å². The van der Waals surface area contributed by atoms with Crippen LogP contribution in [0.4, 0.5) is 0 Å². The van der Waals surface area contributed by atoms with E-state index in [0.717, 1.165) is 23.9 Å². The topological polar surface area (TPSA) is 26.0 Å². The molecule has 0 aliphatic carbocycles. The van der Waals surface area contributed by atoms with Crippen LogP contribution in [0.3, 0.4) is 0 Å². The zero-order chi connectivity index (χ0) is 6.53. The molecule has 0 bridgehead atoms. The Balaban J connectivity index is 2.30. The molecule has 1 rings (SSSR count). The first kappa shape index (κ1) is 6.81. The molecule has 1 heterocycles. The van der Waals surface area contributed by atoms with E-state index in [-0.39, 0.29) is 0 Å². The second-order valence-electron chi connectivity index (χ2n) is 1.76. The first-order chi connectivity index (χ1) is 4.43. The average Bonchev–Trinajstić information content (AvgIpc) is 2.34. The van der Waals surface area contributed by atoms with E-state index in [1.54, 1.807) is 6.20 Å². The second kappa shape index (κ2) is 3.67. The van der Waals surface area contributed by atoms with Crippen LogP contribution in [-0.2, 0) is 6.42 Å². The maximum atomic E-state index is 5.00. The Labute approximate surface area is 62.4 Å². The number of halogens is 1. The van der Waals surface area contributed by atoms with Crippen LogP contribution in [0.5, 0.6) is 0 Å². The van der Waals surface area contributed by atoms with Crippen molar-refractivity contribution in [2.75, 3.05) is 5.33 Å². The summed E-state index contributed by atoms with van der Waals surface area (Å²) in [5.41, 5.74) is 0. The third-order valence-electron chi connectivity index (χ3n) is 1.04. The fourth-order valence-electron chi connectivity index (χ4n) is 0.607. The van der Waals surface area contributed by atoms with Crippen molar-refractivity contribution in [1.82, 2.24) is 4.98 Å². The molecule has 3 heteroatoms. The van der Waals surface area contributed by atoms with Gasteiger partial charge in [0, 0.05) is 11.8 Å². The van der Waals surface area contributed by atoms with Crippen LogP contribution in [0.15, 0.2) is 17.0 Å². The van der Waals surface area contributed by atoms with E-state index in [1.165, 1.54) is 6.39 Å². The number of aromatic nitrogens is 1. The summed E-state index contributed by atoms with van der Waals surface area (Å²) in [5.74, 6) is 0.967. The van der Waals surface area contributed by atoms with Crippen LogP contribution in [0, 0.1) is 0 Å². The van der Waals surface area contributed by atoms with Gasteiger partial charge in [0.05, 0.1) is 6.20 Å². The summed E-state index contributed by atoms with van der Waals surface area (Å²) < 4.78 is 5.00. The molecule has 0 unspecified atom stereocenters. The van der Waals surface area contributed by atoms with Gasteiger partial charge in [-0.3, -0.25) is 0 Å². The fourth-order valence-corrected chi connectivity index (χ4v) is 0.887. The summed E-state index contributed by atoms with van der Waals surface area (Å²) in [7, 11) is 0. The van der Waals surface area contributed by atoms with Gasteiger partial charge in [-0.2, -0.15) is 0 Å². The number of hydrogen-bond donors (Lipinski definition) is 0. The minimum absolute atomic E-state index is 0.967. The molecule has 1 aromatic rings. The van der Waals surface area contributed by atoms with E-state index in [1.807, 2.05) is 0 Å². The minimum Gasteiger partial charge on any atom is -0.449 e. The predicted octanol–water partition coefficient (Wildman–Crippen LogP) is 2.00. The maximum absolute atomic E-state index is 5.00. The summed E-state index contributed by atoms with van der Waals surface area (Å²) in [6.45, 7) is 0. The van der Waals surface area contributed by atoms with Crippen LogP contribution in [-0.4, -0.2) is 10.3 Å². The lowest BCUT2D eigenvalue weighted by molar-refractivity contribution is 0.501. The Morgan fingerprint density at radius 1 is 1.67 bits per heavy atom. The molecule has 0 aromatic carbocycles. The van der Waals surface area contributed by atoms with Crippen LogP contribution in [0.2, 0.25) is 0 Å². The van der Waals surface area contributed by atoms with Gasteiger partial charge in [-0.15, -0.1) is 0 Å². The lowest BCUT2D eigenvalue weighted by atomic mass is 10.3. The molecule has 0 radical (unpaired) electrons. The van der Waals surface area contributed by atoms with Crippen molar-refractivity contribution in [2.24, 2.45) is 0 Å². The van der Waals surface area contributed by atoms with E-state index in [0.29, 0.717) is 0 Å². The van der Waals surface area contributed by atoms with E-state index in [2.05, 4.69) is 20.9 Å². The van der Waals surface area contributed by atoms with Crippen molar-refractivity contribution in [1.29, 1.82) is 0 Å². The third kappa shape index (κ3) is 2.18. The molecule has 0 amide bonds. The number of aryl methyl sites for hydroxylation is 1. The summed E-state index contributed by atoms with van der Waals surface area (Å²) >= 11 is 3.33. The fraction of sp³-hybridized carbons (Fsp3) is 0.500. The number of alkyl halides is 1. The van der Waals surface area contributed by atoms with Gasteiger partial charge < -0.3 is 4.42 Å². The Morgan fingerprint density at radius 2 is 2.56 bits per heavy atom. The van der Waals surface area contributed by atoms with Gasteiger partial charge in [0.1, 0.15) is 5.76 Å². The van der Waals surface area contributed by atoms with Crippen LogP contribution >= 0.6 is 15.9 Å². The molecular formula is C6H8BrNO. The first-order valence-corrected chi connectivity index (χ1v) is 3.99. The summed E-state index contributed by atoms with van der Waals surface area (Å²) in [5, 5.41) is 1.02. The number of hydrogen-bond acceptors (Lipinski definition) is 2. The quantitative estimate of drug-likeness (QED) is 0.681. The van der Waals surface area contributed by atoms with E-state index < -0.39 is 0 Å². The molecule has 0 atom stereocenters. The summed E-state index contributed by atoms with van der Waals surface area (Å²) in [6, 6.07) is 0. The smallest absolute Gasteiger partial charge is 0.180 e. The van der Waals surface area contributed by atoms with Crippen molar-refractivity contribution in [3.05, 3.63) is 18.4 Å². The van der Waals surface area contributed by atoms with Gasteiger partial charge in [0.25, 0.3) is 0 Å². The number of oxazole rings is 1. The predicted molar refractivity (Wildman–Crippen MR) is 38.6 cm³/mol. The summed E-state index contributed by atoms with van der Waals surface area (Å²) in [6.07, 6.45) is 5.30. The van der Waals surface area contributed by atoms with E-state index in [4.69, 9.17) is 4.42 Å². The Bertz CT molecular complexity index is 150. The van der Waals surface area contributed by atoms with E-state index >= 15 is 0 Å². The Kier molecular flexibility index (Phi) is 2.77. The molecule has 0 spiro atoms. The monoisotopic (exact) mass is 189 g/mol. The average molecular weight is 190 g/mol. The highest BCUT2D eigenvalue weighted by Gasteiger charge is 1.92. The SMILES string of the molecule is BrCCCc1cnco1. The lowest BCUT2D eigenvalue weighted by Gasteiger charge is -1.88. The molecule has 0 saturated carbocycles. The number of rotatable bonds is 3. The highest BCUT2D eigenvalue weighted by Crippen LogP contribution is 2.01. The highest BCUT2D eigenvalue weighted by atomic mass is 79.9. The Morgan fingerprint density at radius 3 is 3.11 bits per heavy atom. The highest BCUT2D eigenvalue weighted by molar-refractivity contribution is 9.09. The molecule has 9 heavy (non-hydrogen) atoms. The molecule has 50 valence electrons. The second-order valence-corrected chi connectivity index (χ2v) is 2.55. The van der Waals surface area contributed by atoms with Crippen molar-refractivity contribution < 1.29 is 4.42 Å². The minimum atomic E-state index is 0.967. The standard InChI is InChI=1S/C6H8BrNO/c7-3-1-2-6-4-8-5-9-6/h4-5H,1-3H2. The van der Waals surface area contributed by atoms with Crippen LogP contribution < -0.4 is 0 Å². The lowest BCUT2D eigenvalue weighted by Crippen LogP contribution is -1.80. The van der Waals surface area contributed by atoms with Crippen molar-refractivity contribution >= 4 is 15.9 Å². The molecule has 0 N–H and O–H groups in total. The molecule has 0 fully saturated rings. The van der Waals surface area contributed by atoms with Crippen molar-refractivity contribution in [2.45, 2.75) is 12.8 Å². The third-order valence-corrected chi connectivity index (χ3v) is 1.60. The van der Waals surface area contributed by atoms with Gasteiger partial charge >= 0.3 is 0 Å². The molecule has 0 aliphatic heterocycles. The molecule has 2 nitrogen and oxygen atoms in total. The molecule has 0 aliphatic rings. The van der Waals surface area contributed by atoms with Crippen LogP contribution in [0.1, 0.15) is 12.2 Å². The van der Waals surface area contributed by atoms with Crippen LogP contribution in [0.25, 0.3) is 0 Å². The Hall–Kier alpha value is -0.310. The van der Waals surface area contributed by atoms with Gasteiger partial charge in [-0.05, 0) is 6.42 Å². The zero-order valence-electron chi connectivity index (χ0n) is 5.01. The first-order valence-electron chi connectivity index (χ1n) is 2.87. The summed E-state index contributed by atoms with van der Waals surface area (Å²) in [4.78, 5) is 3.79. The molecule has 1 aromatic heterocycles. The van der Waals surface area contributed by atoms with Crippen molar-refractivity contribution in [3.8, 4) is 0 Å². The van der Waals surface area contributed by atoms with Gasteiger partial charge in [-0.1, -0.05) is 15.9 Å². The maximum Gasteiger partial charge on any atom is 0.180 e. The molecule has 0 saturated heterocycles. The largest absolute Gasteiger partial charge is 0.449 e. The van der Waals surface area contributed by atoms with Gasteiger partial charge in [0.15, 0.2) is 6.39 Å². The normalized spacial score (nSPS) is 9.89. The number of nitrogens with zero attached hydrogens (tertiary/aromatic N) is 1. The van der Waals surface area contributed by atoms with E-state index in [9.17, 15) is 0 Å². The van der Waals surface area contributed by atoms with Gasteiger partial charge in [-0.25, -0.2) is 4.98 Å². The molecular weight excluding hydrogens is 182 g/mol. The van der Waals surface area contributed by atoms with Gasteiger partial charge in [0.2, 0.25) is 0 Å². The zero-order valence-corrected chi connectivity index (χ0v) is 6.60.